The van der Waals surface area contributed by atoms with E-state index in [4.69, 9.17) is 5.11 Å². The van der Waals surface area contributed by atoms with Crippen LogP contribution in [-0.2, 0) is 16.6 Å². The number of sulfonamides is 1. The fourth-order valence-corrected chi connectivity index (χ4v) is 5.24. The number of thioether (sulfide) groups is 1. The zero-order valence-corrected chi connectivity index (χ0v) is 13.9. The van der Waals surface area contributed by atoms with Crippen LogP contribution < -0.4 is 4.72 Å². The van der Waals surface area contributed by atoms with E-state index in [0.717, 1.165) is 17.9 Å². The van der Waals surface area contributed by atoms with Crippen LogP contribution in [0.1, 0.15) is 30.0 Å². The van der Waals surface area contributed by atoms with Crippen LogP contribution in [0.25, 0.3) is 0 Å². The molecule has 1 unspecified atom stereocenters. The number of rotatable bonds is 8. The third-order valence-corrected chi connectivity index (χ3v) is 6.44. The van der Waals surface area contributed by atoms with Gasteiger partial charge in [0.15, 0.2) is 0 Å². The lowest BCUT2D eigenvalue weighted by Crippen LogP contribution is -2.33. The first kappa shape index (κ1) is 17.0. The third-order valence-electron chi connectivity index (χ3n) is 2.62. The molecule has 0 amide bonds. The molecule has 0 spiro atoms. The summed E-state index contributed by atoms with van der Waals surface area (Å²) < 4.78 is 27.2. The van der Waals surface area contributed by atoms with Crippen molar-refractivity contribution in [1.82, 2.24) is 4.72 Å². The zero-order valence-electron chi connectivity index (χ0n) is 11.5. The first-order chi connectivity index (χ1) is 8.90. The summed E-state index contributed by atoms with van der Waals surface area (Å²) in [4.78, 5) is 1.68. The molecule has 7 heteroatoms. The summed E-state index contributed by atoms with van der Waals surface area (Å²) in [6.07, 6.45) is 0.813. The molecule has 0 fully saturated rings. The van der Waals surface area contributed by atoms with E-state index in [1.165, 1.54) is 11.3 Å². The van der Waals surface area contributed by atoms with Gasteiger partial charge in [-0.15, -0.1) is 11.3 Å². The Morgan fingerprint density at radius 2 is 2.21 bits per heavy atom. The van der Waals surface area contributed by atoms with Crippen molar-refractivity contribution in [1.29, 1.82) is 0 Å². The van der Waals surface area contributed by atoms with Gasteiger partial charge in [-0.2, -0.15) is 11.8 Å². The molecule has 0 aliphatic carbocycles. The SMILES string of the molecule is CCSCCC(C)NS(=O)(=O)c1cc(CO)sc1C. The van der Waals surface area contributed by atoms with Crippen LogP contribution in [0, 0.1) is 6.92 Å². The van der Waals surface area contributed by atoms with Gasteiger partial charge in [-0.1, -0.05) is 6.92 Å². The Morgan fingerprint density at radius 3 is 2.74 bits per heavy atom. The molecule has 0 saturated carbocycles. The summed E-state index contributed by atoms with van der Waals surface area (Å²) >= 11 is 3.12. The van der Waals surface area contributed by atoms with E-state index in [2.05, 4.69) is 11.6 Å². The minimum atomic E-state index is -3.48. The lowest BCUT2D eigenvalue weighted by Gasteiger charge is -2.13. The van der Waals surface area contributed by atoms with Gasteiger partial charge in [0.2, 0.25) is 10.0 Å². The fraction of sp³-hybridized carbons (Fsp3) is 0.667. The molecule has 0 aliphatic heterocycles. The van der Waals surface area contributed by atoms with Crippen molar-refractivity contribution in [2.24, 2.45) is 0 Å². The third kappa shape index (κ3) is 5.07. The standard InChI is InChI=1S/C12H21NO3S3/c1-4-17-6-5-9(2)13-19(15,16)12-7-11(8-14)18-10(12)3/h7,9,13-14H,4-6,8H2,1-3H3. The second kappa shape index (κ2) is 7.64. The van der Waals surface area contributed by atoms with Gasteiger partial charge in [0.05, 0.1) is 11.5 Å². The van der Waals surface area contributed by atoms with Crippen molar-refractivity contribution in [2.75, 3.05) is 11.5 Å². The Labute approximate surface area is 123 Å². The van der Waals surface area contributed by atoms with Crippen molar-refractivity contribution in [3.05, 3.63) is 15.8 Å². The lowest BCUT2D eigenvalue weighted by atomic mass is 10.3. The molecule has 1 heterocycles. The predicted molar refractivity (Wildman–Crippen MR) is 82.4 cm³/mol. The minimum Gasteiger partial charge on any atom is -0.391 e. The van der Waals surface area contributed by atoms with Crippen LogP contribution >= 0.6 is 23.1 Å². The smallest absolute Gasteiger partial charge is 0.241 e. The summed E-state index contributed by atoms with van der Waals surface area (Å²) in [6, 6.07) is 1.47. The van der Waals surface area contributed by atoms with Gasteiger partial charge in [-0.25, -0.2) is 13.1 Å². The maximum atomic E-state index is 12.2. The van der Waals surface area contributed by atoms with Gasteiger partial charge in [0, 0.05) is 15.8 Å². The van der Waals surface area contributed by atoms with Crippen molar-refractivity contribution in [2.45, 2.75) is 44.7 Å². The fourth-order valence-electron chi connectivity index (χ4n) is 1.66. The molecule has 0 saturated heterocycles. The molecule has 110 valence electrons. The number of aryl methyl sites for hydroxylation is 1. The maximum Gasteiger partial charge on any atom is 0.241 e. The number of thiophene rings is 1. The molecule has 1 atom stereocenters. The van der Waals surface area contributed by atoms with E-state index in [-0.39, 0.29) is 17.5 Å². The Kier molecular flexibility index (Phi) is 6.82. The lowest BCUT2D eigenvalue weighted by molar-refractivity contribution is 0.285. The molecular formula is C12H21NO3S3. The highest BCUT2D eigenvalue weighted by molar-refractivity contribution is 7.99. The predicted octanol–water partition coefficient (Wildman–Crippen LogP) is 2.36. The van der Waals surface area contributed by atoms with Gasteiger partial charge in [0.1, 0.15) is 0 Å². The van der Waals surface area contributed by atoms with E-state index >= 15 is 0 Å². The second-order valence-electron chi connectivity index (χ2n) is 4.30. The number of hydrogen-bond acceptors (Lipinski definition) is 5. The normalized spacial score (nSPS) is 13.7. The van der Waals surface area contributed by atoms with Crippen molar-refractivity contribution in [3.63, 3.8) is 0 Å². The monoisotopic (exact) mass is 323 g/mol. The highest BCUT2D eigenvalue weighted by Crippen LogP contribution is 2.25. The highest BCUT2D eigenvalue weighted by atomic mass is 32.2. The van der Waals surface area contributed by atoms with E-state index < -0.39 is 10.0 Å². The van der Waals surface area contributed by atoms with Crippen LogP contribution in [0.3, 0.4) is 0 Å². The number of nitrogens with one attached hydrogen (secondary N) is 1. The molecule has 0 bridgehead atoms. The average Bonchev–Trinajstić information content (AvgIpc) is 2.71. The number of aliphatic hydroxyl groups excluding tert-OH is 1. The molecular weight excluding hydrogens is 302 g/mol. The summed E-state index contributed by atoms with van der Waals surface area (Å²) in [6.45, 7) is 5.60. The maximum absolute atomic E-state index is 12.2. The Hall–Kier alpha value is -0.0800. The van der Waals surface area contributed by atoms with Crippen LogP contribution in [-0.4, -0.2) is 31.1 Å². The average molecular weight is 324 g/mol. The van der Waals surface area contributed by atoms with Gasteiger partial charge < -0.3 is 5.11 Å². The van der Waals surface area contributed by atoms with Crippen molar-refractivity contribution < 1.29 is 13.5 Å². The Morgan fingerprint density at radius 1 is 1.53 bits per heavy atom. The van der Waals surface area contributed by atoms with Gasteiger partial charge in [-0.05, 0) is 37.8 Å². The molecule has 0 aliphatic rings. The quantitative estimate of drug-likeness (QED) is 0.721. The topological polar surface area (TPSA) is 66.4 Å². The zero-order chi connectivity index (χ0) is 14.5. The largest absolute Gasteiger partial charge is 0.391 e. The molecule has 4 nitrogen and oxygen atoms in total. The Balaban J connectivity index is 2.72. The molecule has 2 N–H and O–H groups in total. The van der Waals surface area contributed by atoms with E-state index in [1.807, 2.05) is 6.92 Å². The van der Waals surface area contributed by atoms with Gasteiger partial charge >= 0.3 is 0 Å². The van der Waals surface area contributed by atoms with Crippen LogP contribution in [0.2, 0.25) is 0 Å². The first-order valence-electron chi connectivity index (χ1n) is 6.21. The molecule has 0 aromatic carbocycles. The van der Waals surface area contributed by atoms with E-state index in [9.17, 15) is 8.42 Å². The van der Waals surface area contributed by atoms with Crippen LogP contribution in [0.5, 0.6) is 0 Å². The minimum absolute atomic E-state index is 0.0825. The summed E-state index contributed by atoms with van der Waals surface area (Å²) in [5, 5.41) is 9.06. The summed E-state index contributed by atoms with van der Waals surface area (Å²) in [7, 11) is -3.48. The van der Waals surface area contributed by atoms with Crippen LogP contribution in [0.4, 0.5) is 0 Å². The van der Waals surface area contributed by atoms with Crippen LogP contribution in [0.15, 0.2) is 11.0 Å². The molecule has 19 heavy (non-hydrogen) atoms. The summed E-state index contributed by atoms with van der Waals surface area (Å²) in [5.41, 5.74) is 0. The van der Waals surface area contributed by atoms with Gasteiger partial charge in [-0.3, -0.25) is 0 Å². The number of hydrogen-bond donors (Lipinski definition) is 2. The Bertz CT molecular complexity index is 496. The highest BCUT2D eigenvalue weighted by Gasteiger charge is 2.21. The summed E-state index contributed by atoms with van der Waals surface area (Å²) in [5.74, 6) is 1.99. The molecule has 1 aromatic heterocycles. The second-order valence-corrected chi connectivity index (χ2v) is 8.72. The van der Waals surface area contributed by atoms with Gasteiger partial charge in [0.25, 0.3) is 0 Å². The van der Waals surface area contributed by atoms with E-state index in [1.54, 1.807) is 24.8 Å². The molecule has 1 aromatic rings. The molecule has 0 radical (unpaired) electrons. The van der Waals surface area contributed by atoms with Crippen molar-refractivity contribution in [3.8, 4) is 0 Å². The van der Waals surface area contributed by atoms with Crippen molar-refractivity contribution >= 4 is 33.1 Å². The molecule has 1 rings (SSSR count). The number of aliphatic hydroxyl groups is 1. The first-order valence-corrected chi connectivity index (χ1v) is 9.66. The van der Waals surface area contributed by atoms with E-state index in [0.29, 0.717) is 9.75 Å².